The maximum atomic E-state index is 13.1. The smallest absolute Gasteiger partial charge is 0.416 e. The third-order valence-electron chi connectivity index (χ3n) is 6.84. The summed E-state index contributed by atoms with van der Waals surface area (Å²) >= 11 is 1.74. The van der Waals surface area contributed by atoms with Crippen LogP contribution in [0.3, 0.4) is 0 Å². The second-order valence-corrected chi connectivity index (χ2v) is 20.1. The number of alkyl halides is 6. The van der Waals surface area contributed by atoms with Crippen LogP contribution in [-0.4, -0.2) is 5.43 Å². The topological polar surface area (TPSA) is 0 Å². The molecule has 0 heterocycles. The van der Waals surface area contributed by atoms with Gasteiger partial charge in [0.1, 0.15) is 0 Å². The number of aryl methyl sites for hydroxylation is 2. The first-order valence-corrected chi connectivity index (χ1v) is 20.0. The largest absolute Gasteiger partial charge is 1.00 e. The zero-order valence-electron chi connectivity index (χ0n) is 25.4. The van der Waals surface area contributed by atoms with Crippen molar-refractivity contribution in [3.8, 4) is 22.3 Å². The maximum Gasteiger partial charge on any atom is 0.416 e. The van der Waals surface area contributed by atoms with E-state index in [4.69, 9.17) is 0 Å². The fraction of sp³-hybridized carbons (Fsp3) is 0.167. The molecule has 0 aromatic heterocycles. The van der Waals surface area contributed by atoms with Crippen LogP contribution in [0.4, 0.5) is 26.3 Å². The van der Waals surface area contributed by atoms with Gasteiger partial charge in [0.2, 0.25) is 0 Å². The monoisotopic (exact) mass is 764 g/mol. The van der Waals surface area contributed by atoms with Gasteiger partial charge in [0.15, 0.2) is 0 Å². The van der Waals surface area contributed by atoms with E-state index in [9.17, 15) is 26.3 Å². The SMILES string of the molecule is C[Si](C)=[Zr+2].Cc1cc2c(-c3ccccc3C(F)(F)F)cccc2[cH-]1.Cc1cc2c(-c3ccccc3C(F)(F)F)cccc2[cH-]1.[Cl-].[Cl-]. The summed E-state index contributed by atoms with van der Waals surface area (Å²) in [5, 5.41) is 3.66. The number of hydrogen-bond acceptors (Lipinski definition) is 0. The van der Waals surface area contributed by atoms with Gasteiger partial charge in [-0.05, 0) is 23.3 Å². The molecule has 10 heteroatoms. The van der Waals surface area contributed by atoms with Crippen LogP contribution >= 0.6 is 0 Å². The van der Waals surface area contributed by atoms with Crippen molar-refractivity contribution >= 4 is 27.0 Å². The standard InChI is InChI=1S/2C17H12F3.C2H6Si.2ClH.Zr/c2*1-11-9-12-5-4-7-13(15(12)10-11)14-6-2-3-8-16(14)17(18,19)20;1-3-2;;;/h2*2-10H,1H3;1-2H3;2*1H;/q2*-1;;;;+2/p-2. The number of benzene rings is 4. The average molecular weight is 767 g/mol. The molecule has 0 amide bonds. The van der Waals surface area contributed by atoms with E-state index < -0.39 is 23.5 Å². The number of rotatable bonds is 2. The number of fused-ring (bicyclic) bond motifs is 2. The number of hydrogen-bond donors (Lipinski definition) is 0. The molecule has 0 N–H and O–H groups in total. The molecule has 0 nitrogen and oxygen atoms in total. The van der Waals surface area contributed by atoms with Crippen molar-refractivity contribution in [3.63, 3.8) is 0 Å². The molecule has 0 unspecified atom stereocenters. The van der Waals surface area contributed by atoms with E-state index in [1.54, 1.807) is 59.7 Å². The van der Waals surface area contributed by atoms with Crippen LogP contribution in [0, 0.1) is 13.8 Å². The normalized spacial score (nSPS) is 11.0. The summed E-state index contributed by atoms with van der Waals surface area (Å²) < 4.78 is 78.8. The molecule has 0 aliphatic carbocycles. The molecule has 0 aliphatic rings. The number of halogens is 8. The quantitative estimate of drug-likeness (QED) is 0.117. The molecule has 0 spiro atoms. The van der Waals surface area contributed by atoms with Crippen molar-refractivity contribution in [1.82, 2.24) is 0 Å². The summed E-state index contributed by atoms with van der Waals surface area (Å²) in [5.41, 5.74) is 2.85. The third kappa shape index (κ3) is 9.70. The van der Waals surface area contributed by atoms with Crippen molar-refractivity contribution < 1.29 is 74.5 Å². The van der Waals surface area contributed by atoms with Gasteiger partial charge < -0.3 is 24.8 Å². The fourth-order valence-corrected chi connectivity index (χ4v) is 5.17. The van der Waals surface area contributed by atoms with Crippen LogP contribution in [0.15, 0.2) is 109 Å². The summed E-state index contributed by atoms with van der Waals surface area (Å²) in [4.78, 5) is 0. The van der Waals surface area contributed by atoms with Crippen LogP contribution in [0.25, 0.3) is 43.8 Å². The summed E-state index contributed by atoms with van der Waals surface area (Å²) in [7, 11) is 0. The Bertz CT molecular complexity index is 1780. The first kappa shape index (κ1) is 39.5. The van der Waals surface area contributed by atoms with Crippen molar-refractivity contribution in [3.05, 3.63) is 131 Å². The Morgan fingerprint density at radius 2 is 0.826 bits per heavy atom. The van der Waals surface area contributed by atoms with Gasteiger partial charge >= 0.3 is 54.2 Å². The zero-order chi connectivity index (χ0) is 32.2. The van der Waals surface area contributed by atoms with Crippen LogP contribution < -0.4 is 24.8 Å². The van der Waals surface area contributed by atoms with Gasteiger partial charge in [-0.3, -0.25) is 0 Å². The predicted octanol–water partition coefficient (Wildman–Crippen LogP) is 5.90. The molecule has 6 rings (SSSR count). The van der Waals surface area contributed by atoms with E-state index in [1.165, 1.54) is 24.3 Å². The maximum absolute atomic E-state index is 13.1. The van der Waals surface area contributed by atoms with E-state index >= 15 is 0 Å². The minimum absolute atomic E-state index is 0. The minimum atomic E-state index is -4.35. The molecule has 6 aromatic carbocycles. The van der Waals surface area contributed by atoms with Crippen LogP contribution in [0.2, 0.25) is 13.1 Å². The summed E-state index contributed by atoms with van der Waals surface area (Å²) in [5.74, 6) is 0. The van der Waals surface area contributed by atoms with Crippen molar-refractivity contribution in [2.24, 2.45) is 0 Å². The van der Waals surface area contributed by atoms with Gasteiger partial charge in [-0.25, -0.2) is 0 Å². The Morgan fingerprint density at radius 3 is 1.15 bits per heavy atom. The molecule has 46 heavy (non-hydrogen) atoms. The van der Waals surface area contributed by atoms with Crippen LogP contribution in [-0.2, 0) is 35.7 Å². The summed E-state index contributed by atoms with van der Waals surface area (Å²) in [6.07, 6.45) is -8.69. The van der Waals surface area contributed by atoms with E-state index in [0.717, 1.165) is 44.8 Å². The summed E-state index contributed by atoms with van der Waals surface area (Å²) in [6.45, 7) is 8.50. The second-order valence-electron chi connectivity index (χ2n) is 10.8. The van der Waals surface area contributed by atoms with E-state index in [0.29, 0.717) is 11.1 Å². The van der Waals surface area contributed by atoms with Gasteiger partial charge in [-0.2, -0.15) is 38.5 Å². The molecule has 0 saturated carbocycles. The molecular weight excluding hydrogens is 737 g/mol. The Hall–Kier alpha value is -2.64. The van der Waals surface area contributed by atoms with Crippen molar-refractivity contribution in [1.29, 1.82) is 0 Å². The molecule has 0 bridgehead atoms. The van der Waals surface area contributed by atoms with Crippen molar-refractivity contribution in [2.45, 2.75) is 39.3 Å². The Morgan fingerprint density at radius 1 is 0.522 bits per heavy atom. The molecule has 0 atom stereocenters. The van der Waals surface area contributed by atoms with Gasteiger partial charge in [-0.1, -0.05) is 73.5 Å². The Balaban J connectivity index is 0.000000276. The van der Waals surface area contributed by atoms with Crippen LogP contribution in [0.1, 0.15) is 22.3 Å². The first-order chi connectivity index (χ1) is 20.7. The fourth-order valence-electron chi connectivity index (χ4n) is 5.17. The molecule has 0 aliphatic heterocycles. The van der Waals surface area contributed by atoms with Gasteiger partial charge in [0, 0.05) is 0 Å². The van der Waals surface area contributed by atoms with Gasteiger partial charge in [-0.15, -0.1) is 69.1 Å². The molecule has 0 saturated heterocycles. The van der Waals surface area contributed by atoms with Crippen LogP contribution in [0.5, 0.6) is 0 Å². The minimum Gasteiger partial charge on any atom is -1.00 e. The summed E-state index contributed by atoms with van der Waals surface area (Å²) in [6, 6.07) is 30.2. The Labute approximate surface area is 292 Å². The molecule has 240 valence electrons. The molecule has 0 radical (unpaired) electrons. The molecular formula is C36H30Cl2F6SiZr-2. The van der Waals surface area contributed by atoms with E-state index in [1.807, 2.05) is 50.2 Å². The van der Waals surface area contributed by atoms with E-state index in [-0.39, 0.29) is 41.4 Å². The first-order valence-electron chi connectivity index (χ1n) is 13.8. The average Bonchev–Trinajstić information content (AvgIpc) is 3.52. The Kier molecular flexibility index (Phi) is 14.1. The van der Waals surface area contributed by atoms with Crippen molar-refractivity contribution in [2.75, 3.05) is 0 Å². The molecule has 6 aromatic rings. The second kappa shape index (κ2) is 16.5. The molecule has 0 fully saturated rings. The van der Waals surface area contributed by atoms with Gasteiger partial charge in [0.05, 0.1) is 11.1 Å². The zero-order valence-corrected chi connectivity index (χ0v) is 30.4. The van der Waals surface area contributed by atoms with E-state index in [2.05, 4.69) is 13.1 Å². The third-order valence-corrected chi connectivity index (χ3v) is 6.84. The van der Waals surface area contributed by atoms with Gasteiger partial charge in [0.25, 0.3) is 0 Å². The predicted molar refractivity (Wildman–Crippen MR) is 167 cm³/mol.